The van der Waals surface area contributed by atoms with Crippen LogP contribution in [0.25, 0.3) is 6.08 Å². The van der Waals surface area contributed by atoms with E-state index in [1.54, 1.807) is 40.7 Å². The van der Waals surface area contributed by atoms with Gasteiger partial charge in [0.25, 0.3) is 0 Å². The Bertz CT molecular complexity index is 1640. The highest BCUT2D eigenvalue weighted by molar-refractivity contribution is 5.86. The average molecular weight is 611 g/mol. The first kappa shape index (κ1) is 30.4. The number of carbonyl (C=O) groups is 1. The van der Waals surface area contributed by atoms with E-state index in [1.165, 1.54) is 11.6 Å². The summed E-state index contributed by atoms with van der Waals surface area (Å²) in [6, 6.07) is 15.2. The predicted molar refractivity (Wildman–Crippen MR) is 167 cm³/mol. The number of nitriles is 1. The molecule has 0 saturated carbocycles. The maximum Gasteiger partial charge on any atom is 0.330 e. The smallest absolute Gasteiger partial charge is 0.330 e. The molecule has 2 bridgehead atoms. The van der Waals surface area contributed by atoms with Gasteiger partial charge in [0, 0.05) is 24.4 Å². The van der Waals surface area contributed by atoms with Crippen molar-refractivity contribution < 1.29 is 28.5 Å². The number of ether oxygens (including phenoxy) is 5. The van der Waals surface area contributed by atoms with Gasteiger partial charge in [0.1, 0.15) is 12.6 Å². The number of nitrogens with zero attached hydrogens (tertiary/aromatic N) is 4. The highest BCUT2D eigenvalue weighted by Crippen LogP contribution is 2.51. The van der Waals surface area contributed by atoms with E-state index in [4.69, 9.17) is 23.7 Å². The standard InChI is InChI=1S/C35H38N4O6/c1-38-26-11-9-21-15-30(41-2)33(44-5)18-25(21)35(38)27-14-22-16-31(42-3)32(43-4)17-24(22)29(39(27)28(26)19-36)20-45-34(40)12-10-23-8-6-7-13-37-23/h6-8,10,12-13,15-18,26-29,35H,9,11,14,20H2,1-5H3. The van der Waals surface area contributed by atoms with Crippen LogP contribution in [0.4, 0.5) is 0 Å². The third-order valence-electron chi connectivity index (χ3n) is 9.46. The zero-order valence-corrected chi connectivity index (χ0v) is 26.2. The second-order valence-corrected chi connectivity index (χ2v) is 11.6. The fourth-order valence-electron chi connectivity index (χ4n) is 7.41. The second kappa shape index (κ2) is 12.8. The van der Waals surface area contributed by atoms with Crippen LogP contribution in [0.2, 0.25) is 0 Å². The van der Waals surface area contributed by atoms with E-state index in [0.717, 1.165) is 29.5 Å². The Hall–Kier alpha value is -4.59. The SMILES string of the molecule is COc1cc2c(cc1OC)C1C3Cc4cc(OC)c(OC)cc4C(COC(=O)C=Cc4ccccn4)N3C(C#N)C(CC2)N1C. The number of methoxy groups -OCH3 is 4. The Morgan fingerprint density at radius 1 is 0.956 bits per heavy atom. The molecule has 0 N–H and O–H groups in total. The van der Waals surface area contributed by atoms with Crippen LogP contribution >= 0.6 is 0 Å². The molecule has 1 saturated heterocycles. The highest BCUT2D eigenvalue weighted by Gasteiger charge is 2.53. The molecule has 6 rings (SSSR count). The van der Waals surface area contributed by atoms with E-state index in [2.05, 4.69) is 40.0 Å². The lowest BCUT2D eigenvalue weighted by Gasteiger charge is -2.57. The lowest BCUT2D eigenvalue weighted by atomic mass is 9.78. The fraction of sp³-hybridized carbons (Fsp3) is 0.400. The van der Waals surface area contributed by atoms with Crippen molar-refractivity contribution in [3.8, 4) is 29.1 Å². The van der Waals surface area contributed by atoms with Gasteiger partial charge in [0.2, 0.25) is 0 Å². The average Bonchev–Trinajstić information content (AvgIpc) is 3.17. The first-order chi connectivity index (χ1) is 21.9. The molecule has 10 heteroatoms. The van der Waals surface area contributed by atoms with E-state index in [-0.39, 0.29) is 24.7 Å². The molecule has 3 aliphatic rings. The number of carbonyl (C=O) groups excluding carboxylic acids is 1. The Balaban J connectivity index is 1.44. The number of aromatic nitrogens is 1. The first-order valence-electron chi connectivity index (χ1n) is 15.1. The molecule has 4 heterocycles. The summed E-state index contributed by atoms with van der Waals surface area (Å²) in [5.41, 5.74) is 5.02. The summed E-state index contributed by atoms with van der Waals surface area (Å²) in [5, 5.41) is 10.7. The number of likely N-dealkylation sites (N-methyl/N-ethyl adjacent to an activating group) is 1. The number of hydrogen-bond acceptors (Lipinski definition) is 10. The van der Waals surface area contributed by atoms with Crippen molar-refractivity contribution in [3.63, 3.8) is 0 Å². The van der Waals surface area contributed by atoms with Crippen LogP contribution in [-0.2, 0) is 22.4 Å². The molecule has 0 amide bonds. The van der Waals surface area contributed by atoms with Crippen LogP contribution in [0, 0.1) is 11.3 Å². The predicted octanol–water partition coefficient (Wildman–Crippen LogP) is 4.53. The number of pyridine rings is 1. The van der Waals surface area contributed by atoms with Crippen LogP contribution in [0.15, 0.2) is 54.7 Å². The van der Waals surface area contributed by atoms with Gasteiger partial charge in [-0.25, -0.2) is 4.79 Å². The Morgan fingerprint density at radius 2 is 1.62 bits per heavy atom. The molecule has 5 unspecified atom stereocenters. The Kier molecular flexibility index (Phi) is 8.65. The van der Waals surface area contributed by atoms with Crippen LogP contribution in [0.5, 0.6) is 23.0 Å². The van der Waals surface area contributed by atoms with Crippen LogP contribution in [-0.4, -0.2) is 81.0 Å². The van der Waals surface area contributed by atoms with E-state index in [1.807, 2.05) is 30.3 Å². The van der Waals surface area contributed by atoms with Crippen molar-refractivity contribution in [2.24, 2.45) is 0 Å². The third kappa shape index (κ3) is 5.47. The van der Waals surface area contributed by atoms with Crippen molar-refractivity contribution in [2.45, 2.75) is 49.5 Å². The summed E-state index contributed by atoms with van der Waals surface area (Å²) < 4.78 is 28.7. The van der Waals surface area contributed by atoms with E-state index in [9.17, 15) is 10.1 Å². The lowest BCUT2D eigenvalue weighted by Crippen LogP contribution is -2.66. The minimum absolute atomic E-state index is 0.0513. The Labute approximate surface area is 263 Å². The highest BCUT2D eigenvalue weighted by atomic mass is 16.5. The zero-order chi connectivity index (χ0) is 31.7. The molecular formula is C35H38N4O6. The molecule has 10 nitrogen and oxygen atoms in total. The van der Waals surface area contributed by atoms with Crippen molar-refractivity contribution in [1.29, 1.82) is 5.26 Å². The van der Waals surface area contributed by atoms with E-state index in [0.29, 0.717) is 35.1 Å². The minimum Gasteiger partial charge on any atom is -0.493 e. The third-order valence-corrected chi connectivity index (χ3v) is 9.46. The molecule has 0 spiro atoms. The van der Waals surface area contributed by atoms with Gasteiger partial charge in [-0.15, -0.1) is 0 Å². The van der Waals surface area contributed by atoms with Crippen molar-refractivity contribution in [1.82, 2.24) is 14.8 Å². The summed E-state index contributed by atoms with van der Waals surface area (Å²) in [6.07, 6.45) is 6.94. The van der Waals surface area contributed by atoms with Gasteiger partial charge in [-0.3, -0.25) is 14.8 Å². The largest absolute Gasteiger partial charge is 0.493 e. The van der Waals surface area contributed by atoms with Gasteiger partial charge in [0.15, 0.2) is 23.0 Å². The van der Waals surface area contributed by atoms with Crippen LogP contribution < -0.4 is 18.9 Å². The molecule has 45 heavy (non-hydrogen) atoms. The molecular weight excluding hydrogens is 572 g/mol. The molecule has 0 aliphatic carbocycles. The summed E-state index contributed by atoms with van der Waals surface area (Å²) in [7, 11) is 8.64. The minimum atomic E-state index is -0.480. The van der Waals surface area contributed by atoms with E-state index < -0.39 is 18.1 Å². The molecule has 3 aromatic rings. The number of benzene rings is 2. The monoisotopic (exact) mass is 610 g/mol. The summed E-state index contributed by atoms with van der Waals surface area (Å²) in [5.74, 6) is 2.10. The molecule has 1 fully saturated rings. The molecule has 2 aromatic carbocycles. The topological polar surface area (TPSA) is 106 Å². The van der Waals surface area contributed by atoms with Crippen LogP contribution in [0.3, 0.4) is 0 Å². The fourth-order valence-corrected chi connectivity index (χ4v) is 7.41. The van der Waals surface area contributed by atoms with Gasteiger partial charge in [-0.05, 0) is 91.0 Å². The maximum absolute atomic E-state index is 13.0. The number of rotatable bonds is 8. The normalized spacial score (nSPS) is 24.0. The van der Waals surface area contributed by atoms with E-state index >= 15 is 0 Å². The Morgan fingerprint density at radius 3 is 2.27 bits per heavy atom. The van der Waals surface area contributed by atoms with Crippen molar-refractivity contribution >= 4 is 12.0 Å². The summed E-state index contributed by atoms with van der Waals surface area (Å²) in [6.45, 7) is 0.0600. The zero-order valence-electron chi connectivity index (χ0n) is 26.2. The summed E-state index contributed by atoms with van der Waals surface area (Å²) in [4.78, 5) is 21.9. The number of hydrogen-bond donors (Lipinski definition) is 0. The molecule has 1 aromatic heterocycles. The summed E-state index contributed by atoms with van der Waals surface area (Å²) >= 11 is 0. The number of fused-ring (bicyclic) bond motifs is 7. The van der Waals surface area contributed by atoms with Crippen molar-refractivity contribution in [2.75, 3.05) is 42.1 Å². The lowest BCUT2D eigenvalue weighted by molar-refractivity contribution is -0.142. The van der Waals surface area contributed by atoms with Gasteiger partial charge in [-0.1, -0.05) is 6.07 Å². The van der Waals surface area contributed by atoms with Gasteiger partial charge in [-0.2, -0.15) is 5.26 Å². The quantitative estimate of drug-likeness (QED) is 0.267. The molecule has 234 valence electrons. The number of esters is 1. The van der Waals surface area contributed by atoms with Crippen LogP contribution in [0.1, 0.15) is 46.5 Å². The van der Waals surface area contributed by atoms with Gasteiger partial charge in [0.05, 0.1) is 52.3 Å². The molecule has 0 radical (unpaired) electrons. The molecule has 3 aliphatic heterocycles. The van der Waals surface area contributed by atoms with Crippen molar-refractivity contribution in [3.05, 3.63) is 82.7 Å². The number of aryl methyl sites for hydroxylation is 1. The maximum atomic E-state index is 13.0. The number of piperazine rings is 1. The molecule has 5 atom stereocenters. The van der Waals surface area contributed by atoms with Gasteiger partial charge < -0.3 is 23.7 Å². The van der Waals surface area contributed by atoms with Gasteiger partial charge >= 0.3 is 5.97 Å². The second-order valence-electron chi connectivity index (χ2n) is 11.6. The first-order valence-corrected chi connectivity index (χ1v) is 15.1.